The smallest absolute Gasteiger partial charge is 0.352 e. The summed E-state index contributed by atoms with van der Waals surface area (Å²) in [7, 11) is 1.34. The van der Waals surface area contributed by atoms with E-state index in [0.29, 0.717) is 22.9 Å². The van der Waals surface area contributed by atoms with Crippen LogP contribution < -0.4 is 5.32 Å². The lowest BCUT2D eigenvalue weighted by Gasteiger charge is -2.48. The van der Waals surface area contributed by atoms with Gasteiger partial charge in [0.05, 0.1) is 5.67 Å². The lowest BCUT2D eigenvalue weighted by atomic mass is 10.0. The second-order valence-corrected chi connectivity index (χ2v) is 10.5. The van der Waals surface area contributed by atoms with Crippen molar-refractivity contribution in [3.8, 4) is 0 Å². The number of nitrogens with one attached hydrogen (secondary N) is 1. The van der Waals surface area contributed by atoms with Gasteiger partial charge in [0.25, 0.3) is 0 Å². The van der Waals surface area contributed by atoms with Crippen LogP contribution in [0.4, 0.5) is 0 Å². The van der Waals surface area contributed by atoms with Gasteiger partial charge < -0.3 is 14.2 Å². The van der Waals surface area contributed by atoms with Gasteiger partial charge in [-0.1, -0.05) is 20.3 Å². The quantitative estimate of drug-likeness (QED) is 0.527. The van der Waals surface area contributed by atoms with Crippen LogP contribution in [0.3, 0.4) is 0 Å². The summed E-state index contributed by atoms with van der Waals surface area (Å²) in [4.78, 5) is 2.60. The van der Waals surface area contributed by atoms with E-state index in [9.17, 15) is 0 Å². The molecule has 4 atom stereocenters. The maximum atomic E-state index is 5.92. The Morgan fingerprint density at radius 1 is 1.38 bits per heavy atom. The molecule has 4 unspecified atom stereocenters. The van der Waals surface area contributed by atoms with Gasteiger partial charge in [0.2, 0.25) is 0 Å². The molecule has 0 amide bonds. The fraction of sp³-hybridized carbons (Fsp3) is 1.00. The Kier molecular flexibility index (Phi) is 8.23. The second-order valence-electron chi connectivity index (χ2n) is 6.38. The zero-order valence-corrected chi connectivity index (χ0v) is 16.5. The lowest BCUT2D eigenvalue weighted by molar-refractivity contribution is 0.0827. The molecule has 6 heteroatoms. The van der Waals surface area contributed by atoms with Crippen LogP contribution in [0.2, 0.25) is 6.55 Å². The van der Waals surface area contributed by atoms with E-state index >= 15 is 0 Å². The Morgan fingerprint density at radius 2 is 2.00 bits per heavy atom. The van der Waals surface area contributed by atoms with E-state index in [1.165, 1.54) is 6.42 Å². The van der Waals surface area contributed by atoms with Crippen LogP contribution in [0.25, 0.3) is 0 Å². The van der Waals surface area contributed by atoms with E-state index in [-0.39, 0.29) is 0 Å². The van der Waals surface area contributed by atoms with Crippen LogP contribution in [0, 0.1) is 5.92 Å². The highest BCUT2D eigenvalue weighted by Crippen LogP contribution is 2.31. The SMILES string of the molecule is CCCC(S)C(C)C(N1CCNCC1C)[Si](C)(OC)OC. The Morgan fingerprint density at radius 3 is 2.48 bits per heavy atom. The van der Waals surface area contributed by atoms with E-state index < -0.39 is 8.56 Å². The van der Waals surface area contributed by atoms with E-state index in [0.717, 1.165) is 26.1 Å². The monoisotopic (exact) mass is 334 g/mol. The zero-order valence-electron chi connectivity index (χ0n) is 14.6. The molecular formula is C15H34N2O2SSi. The molecule has 1 saturated heterocycles. The van der Waals surface area contributed by atoms with Gasteiger partial charge in [-0.15, -0.1) is 0 Å². The Balaban J connectivity index is 3.03. The van der Waals surface area contributed by atoms with Gasteiger partial charge in [-0.3, -0.25) is 4.90 Å². The molecule has 0 aromatic heterocycles. The van der Waals surface area contributed by atoms with Crippen molar-refractivity contribution >= 4 is 21.2 Å². The fourth-order valence-electron chi connectivity index (χ4n) is 3.44. The van der Waals surface area contributed by atoms with Crippen molar-refractivity contribution in [2.45, 2.75) is 57.1 Å². The van der Waals surface area contributed by atoms with Gasteiger partial charge in [-0.25, -0.2) is 0 Å². The summed E-state index contributed by atoms with van der Waals surface area (Å²) >= 11 is 4.87. The first kappa shape index (κ1) is 19.5. The van der Waals surface area contributed by atoms with Gasteiger partial charge in [0.1, 0.15) is 0 Å². The highest BCUT2D eigenvalue weighted by molar-refractivity contribution is 7.81. The molecule has 4 nitrogen and oxygen atoms in total. The summed E-state index contributed by atoms with van der Waals surface area (Å²) in [6, 6.07) is 0.505. The first-order valence-corrected chi connectivity index (χ1v) is 11.1. The summed E-state index contributed by atoms with van der Waals surface area (Å²) in [5, 5.41) is 3.86. The van der Waals surface area contributed by atoms with Crippen molar-refractivity contribution < 1.29 is 8.85 Å². The van der Waals surface area contributed by atoms with E-state index in [2.05, 4.69) is 37.5 Å². The molecule has 0 saturated carbocycles. The number of hydrogen-bond acceptors (Lipinski definition) is 5. The van der Waals surface area contributed by atoms with Crippen LogP contribution in [-0.4, -0.2) is 64.3 Å². The van der Waals surface area contributed by atoms with Crippen LogP contribution in [0.5, 0.6) is 0 Å². The number of piperazine rings is 1. The number of thiol groups is 1. The van der Waals surface area contributed by atoms with Crippen molar-refractivity contribution in [1.29, 1.82) is 0 Å². The summed E-state index contributed by atoms with van der Waals surface area (Å²) in [5.41, 5.74) is 0.332. The Bertz CT molecular complexity index is 305. The molecule has 0 radical (unpaired) electrons. The zero-order chi connectivity index (χ0) is 16.0. The molecular weight excluding hydrogens is 300 g/mol. The highest BCUT2D eigenvalue weighted by atomic mass is 32.1. The van der Waals surface area contributed by atoms with Crippen LogP contribution in [-0.2, 0) is 8.85 Å². The topological polar surface area (TPSA) is 33.7 Å². The largest absolute Gasteiger partial charge is 0.397 e. The van der Waals surface area contributed by atoms with E-state index in [4.69, 9.17) is 21.5 Å². The molecule has 1 aliphatic heterocycles. The number of hydrogen-bond donors (Lipinski definition) is 2. The van der Waals surface area contributed by atoms with Crippen molar-refractivity contribution in [2.75, 3.05) is 33.9 Å². The van der Waals surface area contributed by atoms with Gasteiger partial charge in [-0.2, -0.15) is 12.6 Å². The number of rotatable bonds is 8. The minimum Gasteiger partial charge on any atom is -0.397 e. The Hall–Kier alpha value is 0.407. The average Bonchev–Trinajstić information content (AvgIpc) is 2.49. The minimum absolute atomic E-state index is 0.332. The minimum atomic E-state index is -2.26. The molecule has 126 valence electrons. The van der Waals surface area contributed by atoms with E-state index in [1.54, 1.807) is 14.2 Å². The third-order valence-electron chi connectivity index (χ3n) is 4.95. The number of nitrogens with zero attached hydrogens (tertiary/aromatic N) is 1. The van der Waals surface area contributed by atoms with Crippen molar-refractivity contribution in [3.63, 3.8) is 0 Å². The van der Waals surface area contributed by atoms with Crippen LogP contribution in [0.15, 0.2) is 0 Å². The fourth-order valence-corrected chi connectivity index (χ4v) is 6.85. The molecule has 1 N–H and O–H groups in total. The lowest BCUT2D eigenvalue weighted by Crippen LogP contribution is -2.67. The van der Waals surface area contributed by atoms with Crippen LogP contribution in [0.1, 0.15) is 33.6 Å². The highest BCUT2D eigenvalue weighted by Gasteiger charge is 2.48. The summed E-state index contributed by atoms with van der Waals surface area (Å²) < 4.78 is 11.8. The molecule has 0 bridgehead atoms. The molecule has 1 rings (SSSR count). The third kappa shape index (κ3) is 4.69. The van der Waals surface area contributed by atoms with Gasteiger partial charge >= 0.3 is 8.56 Å². The molecule has 1 fully saturated rings. The normalized spacial score (nSPS) is 25.6. The molecule has 0 aromatic carbocycles. The van der Waals surface area contributed by atoms with Gasteiger partial charge in [0, 0.05) is 45.1 Å². The molecule has 0 spiro atoms. The molecule has 1 heterocycles. The summed E-state index contributed by atoms with van der Waals surface area (Å²) in [6.07, 6.45) is 2.31. The van der Waals surface area contributed by atoms with Gasteiger partial charge in [-0.05, 0) is 25.8 Å². The van der Waals surface area contributed by atoms with Crippen molar-refractivity contribution in [1.82, 2.24) is 10.2 Å². The molecule has 0 aromatic rings. The molecule has 0 aliphatic carbocycles. The van der Waals surface area contributed by atoms with E-state index in [1.807, 2.05) is 0 Å². The first-order valence-electron chi connectivity index (χ1n) is 8.16. The summed E-state index contributed by atoms with van der Waals surface area (Å²) in [6.45, 7) is 12.1. The van der Waals surface area contributed by atoms with Crippen molar-refractivity contribution in [2.24, 2.45) is 5.92 Å². The maximum absolute atomic E-state index is 5.92. The first-order chi connectivity index (χ1) is 9.91. The van der Waals surface area contributed by atoms with Crippen molar-refractivity contribution in [3.05, 3.63) is 0 Å². The third-order valence-corrected chi connectivity index (χ3v) is 9.23. The Labute approximate surface area is 137 Å². The predicted molar refractivity (Wildman–Crippen MR) is 95.3 cm³/mol. The van der Waals surface area contributed by atoms with Gasteiger partial charge in [0.15, 0.2) is 0 Å². The summed E-state index contributed by atoms with van der Waals surface area (Å²) in [5.74, 6) is 0.449. The standard InChI is InChI=1S/C15H34N2O2SSi/c1-7-8-14(20)13(3)15(21(6,18-4)19-5)17-10-9-16-11-12(17)2/h12-16,20H,7-11H2,1-6H3. The van der Waals surface area contributed by atoms with Crippen LogP contribution >= 0.6 is 12.6 Å². The molecule has 21 heavy (non-hydrogen) atoms. The average molecular weight is 335 g/mol. The maximum Gasteiger partial charge on any atom is 0.352 e. The predicted octanol–water partition coefficient (Wildman–Crippen LogP) is 2.29. The second kappa shape index (κ2) is 8.89. The molecule has 1 aliphatic rings.